The summed E-state index contributed by atoms with van der Waals surface area (Å²) in [6, 6.07) is 54.7. The lowest BCUT2D eigenvalue weighted by Crippen LogP contribution is -2.26. The third kappa shape index (κ3) is 2.48. The van der Waals surface area contributed by atoms with E-state index in [1.807, 2.05) is 0 Å². The Morgan fingerprint density at radius 2 is 0.732 bits per heavy atom. The monoisotopic (exact) mass is 516 g/mol. The second kappa shape index (κ2) is 7.50. The minimum Gasteiger partial charge on any atom is -0.0619 e. The van der Waals surface area contributed by atoms with Gasteiger partial charge < -0.3 is 0 Å². The standard InChI is InChI=1S/C41H24/c1-4-16-35-29(11-1)30-12-2-5-17-36(30)41(35)37-18-6-3-13-31(37)34-15-8-14-33(40(34)41)28-23-21-27-20-19-25-9-7-10-26-22-24-32(28)39(27)38(25)26/h1-24H. The molecule has 0 bridgehead atoms. The fourth-order valence-electron chi connectivity index (χ4n) is 8.35. The van der Waals surface area contributed by atoms with Crippen LogP contribution in [0.15, 0.2) is 146 Å². The highest BCUT2D eigenvalue weighted by Crippen LogP contribution is 2.64. The Morgan fingerprint density at radius 3 is 1.37 bits per heavy atom. The molecule has 0 unspecified atom stereocenters. The van der Waals surface area contributed by atoms with Gasteiger partial charge in [0.1, 0.15) is 0 Å². The molecule has 41 heavy (non-hydrogen) atoms. The second-order valence-corrected chi connectivity index (χ2v) is 11.6. The van der Waals surface area contributed by atoms with Crippen molar-refractivity contribution in [2.24, 2.45) is 0 Å². The molecule has 10 rings (SSSR count). The van der Waals surface area contributed by atoms with Gasteiger partial charge in [-0.15, -0.1) is 0 Å². The zero-order chi connectivity index (χ0) is 26.7. The number of benzene rings is 8. The van der Waals surface area contributed by atoms with Crippen molar-refractivity contribution in [3.63, 3.8) is 0 Å². The van der Waals surface area contributed by atoms with Crippen LogP contribution in [0.3, 0.4) is 0 Å². The predicted molar refractivity (Wildman–Crippen MR) is 172 cm³/mol. The van der Waals surface area contributed by atoms with Crippen molar-refractivity contribution in [2.45, 2.75) is 5.41 Å². The number of rotatable bonds is 1. The first-order valence-corrected chi connectivity index (χ1v) is 14.5. The maximum atomic E-state index is 2.36. The lowest BCUT2D eigenvalue weighted by Gasteiger charge is -2.32. The molecule has 2 aliphatic rings. The van der Waals surface area contributed by atoms with Crippen LogP contribution in [0.2, 0.25) is 0 Å². The molecule has 0 saturated carbocycles. The van der Waals surface area contributed by atoms with Crippen LogP contribution in [0.25, 0.3) is 65.7 Å². The van der Waals surface area contributed by atoms with Crippen molar-refractivity contribution < 1.29 is 0 Å². The van der Waals surface area contributed by atoms with Gasteiger partial charge in [-0.05, 0) is 88.0 Å². The first-order valence-electron chi connectivity index (χ1n) is 14.5. The summed E-state index contributed by atoms with van der Waals surface area (Å²) in [4.78, 5) is 0. The normalized spacial score (nSPS) is 14.0. The highest BCUT2D eigenvalue weighted by Gasteiger charge is 2.52. The molecule has 0 saturated heterocycles. The third-order valence-electron chi connectivity index (χ3n) is 9.83. The van der Waals surface area contributed by atoms with Gasteiger partial charge in [-0.1, -0.05) is 146 Å². The lowest BCUT2D eigenvalue weighted by atomic mass is 9.68. The first-order chi connectivity index (χ1) is 20.4. The highest BCUT2D eigenvalue weighted by atomic mass is 14.5. The molecule has 2 aliphatic carbocycles. The summed E-state index contributed by atoms with van der Waals surface area (Å²) < 4.78 is 0. The fourth-order valence-corrected chi connectivity index (χ4v) is 8.35. The van der Waals surface area contributed by atoms with Gasteiger partial charge in [0.2, 0.25) is 0 Å². The molecule has 0 heteroatoms. The predicted octanol–water partition coefficient (Wildman–Crippen LogP) is 10.6. The van der Waals surface area contributed by atoms with Crippen molar-refractivity contribution in [1.82, 2.24) is 0 Å². The van der Waals surface area contributed by atoms with Gasteiger partial charge in [0.05, 0.1) is 5.41 Å². The minimum atomic E-state index is -0.361. The lowest BCUT2D eigenvalue weighted by molar-refractivity contribution is 0.796. The molecule has 0 radical (unpaired) electrons. The molecule has 8 aromatic rings. The van der Waals surface area contributed by atoms with Crippen LogP contribution in [0.5, 0.6) is 0 Å². The van der Waals surface area contributed by atoms with Gasteiger partial charge in [0.25, 0.3) is 0 Å². The maximum Gasteiger partial charge on any atom is 0.0731 e. The molecule has 0 aliphatic heterocycles. The quantitative estimate of drug-likeness (QED) is 0.190. The van der Waals surface area contributed by atoms with E-state index in [0.717, 1.165) is 0 Å². The topological polar surface area (TPSA) is 0 Å². The summed E-state index contributed by atoms with van der Waals surface area (Å²) in [5.41, 5.74) is 13.2. The smallest absolute Gasteiger partial charge is 0.0619 e. The zero-order valence-electron chi connectivity index (χ0n) is 22.4. The Morgan fingerprint density at radius 1 is 0.293 bits per heavy atom. The maximum absolute atomic E-state index is 2.36. The van der Waals surface area contributed by atoms with Crippen LogP contribution >= 0.6 is 0 Å². The van der Waals surface area contributed by atoms with E-state index in [9.17, 15) is 0 Å². The number of fused-ring (bicyclic) bond motifs is 10. The van der Waals surface area contributed by atoms with E-state index >= 15 is 0 Å². The largest absolute Gasteiger partial charge is 0.0731 e. The Hall–Kier alpha value is -5.20. The van der Waals surface area contributed by atoms with Crippen LogP contribution in [-0.4, -0.2) is 0 Å². The molecule has 8 aromatic carbocycles. The van der Waals surface area contributed by atoms with Gasteiger partial charge in [-0.3, -0.25) is 0 Å². The minimum absolute atomic E-state index is 0.361. The summed E-state index contributed by atoms with van der Waals surface area (Å²) in [6.07, 6.45) is 0. The van der Waals surface area contributed by atoms with Crippen LogP contribution in [-0.2, 0) is 5.41 Å². The number of hydrogen-bond donors (Lipinski definition) is 0. The van der Waals surface area contributed by atoms with Crippen LogP contribution in [0.4, 0.5) is 0 Å². The van der Waals surface area contributed by atoms with E-state index in [1.54, 1.807) is 0 Å². The molecule has 0 N–H and O–H groups in total. The van der Waals surface area contributed by atoms with Crippen LogP contribution < -0.4 is 0 Å². The first kappa shape index (κ1) is 21.6. The van der Waals surface area contributed by atoms with E-state index < -0.39 is 0 Å². The van der Waals surface area contributed by atoms with Crippen molar-refractivity contribution in [3.8, 4) is 33.4 Å². The molecule has 0 heterocycles. The second-order valence-electron chi connectivity index (χ2n) is 11.6. The van der Waals surface area contributed by atoms with Crippen LogP contribution in [0.1, 0.15) is 22.3 Å². The molecule has 1 spiro atoms. The van der Waals surface area contributed by atoms with Gasteiger partial charge in [-0.25, -0.2) is 0 Å². The van der Waals surface area contributed by atoms with Gasteiger partial charge in [0.15, 0.2) is 0 Å². The van der Waals surface area contributed by atoms with Crippen molar-refractivity contribution in [2.75, 3.05) is 0 Å². The molecule has 0 fully saturated rings. The zero-order valence-corrected chi connectivity index (χ0v) is 22.4. The summed E-state index contributed by atoms with van der Waals surface area (Å²) >= 11 is 0. The van der Waals surface area contributed by atoms with Gasteiger partial charge >= 0.3 is 0 Å². The van der Waals surface area contributed by atoms with E-state index in [1.165, 1.54) is 88.0 Å². The molecule has 188 valence electrons. The molecular formula is C41H24. The van der Waals surface area contributed by atoms with Crippen molar-refractivity contribution >= 4 is 32.3 Å². The third-order valence-corrected chi connectivity index (χ3v) is 9.83. The van der Waals surface area contributed by atoms with E-state index in [4.69, 9.17) is 0 Å². The van der Waals surface area contributed by atoms with Crippen LogP contribution in [0, 0.1) is 0 Å². The summed E-state index contributed by atoms with van der Waals surface area (Å²) in [5, 5.41) is 7.97. The number of hydrogen-bond acceptors (Lipinski definition) is 0. The Bertz CT molecular complexity index is 2290. The van der Waals surface area contributed by atoms with E-state index in [2.05, 4.69) is 146 Å². The van der Waals surface area contributed by atoms with Gasteiger partial charge in [0, 0.05) is 0 Å². The Balaban J connectivity index is 1.40. The fraction of sp³-hybridized carbons (Fsp3) is 0.0244. The Kier molecular flexibility index (Phi) is 3.95. The van der Waals surface area contributed by atoms with Gasteiger partial charge in [-0.2, -0.15) is 0 Å². The van der Waals surface area contributed by atoms with Crippen molar-refractivity contribution in [3.05, 3.63) is 168 Å². The average Bonchev–Trinajstić information content (AvgIpc) is 3.51. The summed E-state index contributed by atoms with van der Waals surface area (Å²) in [6.45, 7) is 0. The van der Waals surface area contributed by atoms with E-state index in [0.29, 0.717) is 0 Å². The molecule has 0 aromatic heterocycles. The van der Waals surface area contributed by atoms with Crippen molar-refractivity contribution in [1.29, 1.82) is 0 Å². The SMILES string of the molecule is c1ccc2c(c1)-c1ccccc1C21c2ccccc2-c2cccc(-c3ccc4ccc5cccc6ccc3c4c56)c21. The molecule has 0 nitrogen and oxygen atoms in total. The average molecular weight is 517 g/mol. The highest BCUT2D eigenvalue weighted by molar-refractivity contribution is 6.25. The molecule has 0 atom stereocenters. The molecule has 0 amide bonds. The summed E-state index contributed by atoms with van der Waals surface area (Å²) in [5.74, 6) is 0. The molecular weight excluding hydrogens is 492 g/mol. The van der Waals surface area contributed by atoms with E-state index in [-0.39, 0.29) is 5.41 Å². The summed E-state index contributed by atoms with van der Waals surface area (Å²) in [7, 11) is 0. The Labute approximate surface area is 238 Å².